The zero-order valence-corrected chi connectivity index (χ0v) is 12.1. The molecule has 0 radical (unpaired) electrons. The average Bonchev–Trinajstić information content (AvgIpc) is 2.77. The lowest BCUT2D eigenvalue weighted by atomic mass is 10.3. The van der Waals surface area contributed by atoms with Crippen molar-refractivity contribution in [1.82, 2.24) is 4.90 Å². The highest BCUT2D eigenvalue weighted by Gasteiger charge is 2.13. The van der Waals surface area contributed by atoms with Gasteiger partial charge in [0.1, 0.15) is 0 Å². The maximum absolute atomic E-state index is 11.8. The van der Waals surface area contributed by atoms with Crippen molar-refractivity contribution in [2.24, 2.45) is 0 Å². The normalized spacial score (nSPS) is 12.1. The molecule has 1 aromatic heterocycles. The first-order chi connectivity index (χ1) is 8.49. The Bertz CT molecular complexity index is 392. The van der Waals surface area contributed by atoms with Gasteiger partial charge in [0.05, 0.1) is 12.2 Å². The molecular formula is C12H17NO3S2. The van der Waals surface area contributed by atoms with Gasteiger partial charge in [0, 0.05) is 18.8 Å². The Balaban J connectivity index is 2.29. The first-order valence-electron chi connectivity index (χ1n) is 5.57. The van der Waals surface area contributed by atoms with E-state index in [0.29, 0.717) is 12.3 Å². The monoisotopic (exact) mass is 287 g/mol. The third-order valence-corrected chi connectivity index (χ3v) is 4.26. The molecule has 0 spiro atoms. The number of carboxylic acid groups (broad SMARTS) is 1. The highest BCUT2D eigenvalue weighted by Crippen LogP contribution is 2.15. The van der Waals surface area contributed by atoms with Crippen LogP contribution < -0.4 is 0 Å². The summed E-state index contributed by atoms with van der Waals surface area (Å²) in [6.45, 7) is 2.43. The Labute approximate surface area is 115 Å². The molecule has 0 bridgehead atoms. The van der Waals surface area contributed by atoms with E-state index in [-0.39, 0.29) is 17.6 Å². The summed E-state index contributed by atoms with van der Waals surface area (Å²) >= 11 is 2.99. The average molecular weight is 287 g/mol. The van der Waals surface area contributed by atoms with E-state index in [4.69, 9.17) is 5.11 Å². The van der Waals surface area contributed by atoms with Crippen LogP contribution in [0.2, 0.25) is 0 Å². The van der Waals surface area contributed by atoms with E-state index in [1.165, 1.54) is 11.8 Å². The summed E-state index contributed by atoms with van der Waals surface area (Å²) in [5, 5.41) is 12.6. The SMILES string of the molecule is CC(CC(=O)O)SCC(=O)N(C)Cc1ccsc1. The van der Waals surface area contributed by atoms with E-state index in [1.54, 1.807) is 23.3 Å². The first-order valence-corrected chi connectivity index (χ1v) is 7.56. The number of thioether (sulfide) groups is 1. The number of thiophene rings is 1. The standard InChI is InChI=1S/C12H17NO3S2/c1-9(5-12(15)16)18-8-11(14)13(2)6-10-3-4-17-7-10/h3-4,7,9H,5-6,8H2,1-2H3,(H,15,16). The van der Waals surface area contributed by atoms with E-state index in [0.717, 1.165) is 5.56 Å². The number of carboxylic acids is 1. The zero-order chi connectivity index (χ0) is 13.5. The molecule has 1 heterocycles. The summed E-state index contributed by atoms with van der Waals surface area (Å²) in [5.74, 6) is -0.466. The number of nitrogens with zero attached hydrogens (tertiary/aromatic N) is 1. The van der Waals surface area contributed by atoms with Gasteiger partial charge in [0.25, 0.3) is 0 Å². The van der Waals surface area contributed by atoms with Gasteiger partial charge in [-0.1, -0.05) is 6.92 Å². The van der Waals surface area contributed by atoms with E-state index in [1.807, 2.05) is 23.8 Å². The maximum atomic E-state index is 11.8. The van der Waals surface area contributed by atoms with Crippen LogP contribution in [0.25, 0.3) is 0 Å². The van der Waals surface area contributed by atoms with Gasteiger partial charge in [-0.05, 0) is 22.4 Å². The van der Waals surface area contributed by atoms with E-state index < -0.39 is 5.97 Å². The van der Waals surface area contributed by atoms with Gasteiger partial charge in [-0.3, -0.25) is 9.59 Å². The molecule has 1 rings (SSSR count). The number of hydrogen-bond acceptors (Lipinski definition) is 4. The molecule has 0 saturated carbocycles. The Morgan fingerprint density at radius 1 is 1.56 bits per heavy atom. The molecule has 1 aromatic rings. The van der Waals surface area contributed by atoms with Crippen LogP contribution in [0.3, 0.4) is 0 Å². The number of carbonyl (C=O) groups is 2. The maximum Gasteiger partial charge on any atom is 0.304 e. The largest absolute Gasteiger partial charge is 0.481 e. The van der Waals surface area contributed by atoms with Crippen LogP contribution in [-0.2, 0) is 16.1 Å². The lowest BCUT2D eigenvalue weighted by Crippen LogP contribution is -2.28. The highest BCUT2D eigenvalue weighted by atomic mass is 32.2. The molecule has 0 aliphatic carbocycles. The predicted molar refractivity (Wildman–Crippen MR) is 75.0 cm³/mol. The van der Waals surface area contributed by atoms with Crippen molar-refractivity contribution in [3.63, 3.8) is 0 Å². The number of carbonyl (C=O) groups excluding carboxylic acids is 1. The van der Waals surface area contributed by atoms with E-state index in [9.17, 15) is 9.59 Å². The fraction of sp³-hybridized carbons (Fsp3) is 0.500. The molecule has 0 aliphatic heterocycles. The molecule has 1 atom stereocenters. The molecule has 0 aliphatic rings. The van der Waals surface area contributed by atoms with Crippen LogP contribution >= 0.6 is 23.1 Å². The van der Waals surface area contributed by atoms with Crippen LogP contribution in [0.1, 0.15) is 18.9 Å². The molecule has 18 heavy (non-hydrogen) atoms. The van der Waals surface area contributed by atoms with Gasteiger partial charge >= 0.3 is 5.97 Å². The first kappa shape index (κ1) is 15.0. The van der Waals surface area contributed by atoms with Crippen LogP contribution in [0.15, 0.2) is 16.8 Å². The number of rotatable bonds is 7. The van der Waals surface area contributed by atoms with Crippen molar-refractivity contribution in [2.75, 3.05) is 12.8 Å². The molecule has 4 nitrogen and oxygen atoms in total. The molecule has 0 fully saturated rings. The summed E-state index contributed by atoms with van der Waals surface area (Å²) in [6.07, 6.45) is 0.0895. The van der Waals surface area contributed by atoms with Gasteiger partial charge in [-0.2, -0.15) is 11.3 Å². The Morgan fingerprint density at radius 2 is 2.28 bits per heavy atom. The summed E-state index contributed by atoms with van der Waals surface area (Å²) in [4.78, 5) is 24.0. The lowest BCUT2D eigenvalue weighted by Gasteiger charge is -2.17. The second kappa shape index (κ2) is 7.43. The molecule has 1 amide bonds. The minimum absolute atomic E-state index is 0.0310. The van der Waals surface area contributed by atoms with Gasteiger partial charge < -0.3 is 10.0 Å². The summed E-state index contributed by atoms with van der Waals surface area (Å²) < 4.78 is 0. The quantitative estimate of drug-likeness (QED) is 0.836. The predicted octanol–water partition coefficient (Wildman–Crippen LogP) is 2.30. The fourth-order valence-electron chi connectivity index (χ4n) is 1.37. The molecule has 1 unspecified atom stereocenters. The van der Waals surface area contributed by atoms with Crippen molar-refractivity contribution in [3.05, 3.63) is 22.4 Å². The zero-order valence-electron chi connectivity index (χ0n) is 10.5. The summed E-state index contributed by atoms with van der Waals surface area (Å²) in [5.41, 5.74) is 1.12. The number of hydrogen-bond donors (Lipinski definition) is 1. The molecular weight excluding hydrogens is 270 g/mol. The van der Waals surface area contributed by atoms with Gasteiger partial charge in [-0.25, -0.2) is 0 Å². The molecule has 0 aromatic carbocycles. The van der Waals surface area contributed by atoms with Crippen molar-refractivity contribution in [2.45, 2.75) is 25.1 Å². The van der Waals surface area contributed by atoms with Gasteiger partial charge in [-0.15, -0.1) is 11.8 Å². The minimum Gasteiger partial charge on any atom is -0.481 e. The van der Waals surface area contributed by atoms with Crippen LogP contribution in [0, 0.1) is 0 Å². The molecule has 6 heteroatoms. The molecule has 1 N–H and O–H groups in total. The van der Waals surface area contributed by atoms with Crippen LogP contribution in [0.4, 0.5) is 0 Å². The number of aliphatic carboxylic acids is 1. The smallest absolute Gasteiger partial charge is 0.304 e. The van der Waals surface area contributed by atoms with Crippen LogP contribution in [-0.4, -0.2) is 39.9 Å². The molecule has 100 valence electrons. The van der Waals surface area contributed by atoms with Crippen molar-refractivity contribution >= 4 is 35.0 Å². The third kappa shape index (κ3) is 5.55. The highest BCUT2D eigenvalue weighted by molar-refractivity contribution is 8.00. The van der Waals surface area contributed by atoms with Crippen molar-refractivity contribution in [3.8, 4) is 0 Å². The lowest BCUT2D eigenvalue weighted by molar-refractivity contribution is -0.137. The minimum atomic E-state index is -0.825. The Hall–Kier alpha value is -1.01. The number of amides is 1. The molecule has 0 saturated heterocycles. The van der Waals surface area contributed by atoms with Gasteiger partial charge in [0.15, 0.2) is 0 Å². The van der Waals surface area contributed by atoms with E-state index >= 15 is 0 Å². The summed E-state index contributed by atoms with van der Waals surface area (Å²) in [7, 11) is 1.77. The Morgan fingerprint density at radius 3 is 2.83 bits per heavy atom. The Kier molecular flexibility index (Phi) is 6.21. The van der Waals surface area contributed by atoms with Gasteiger partial charge in [0.2, 0.25) is 5.91 Å². The third-order valence-electron chi connectivity index (χ3n) is 2.38. The second-order valence-corrected chi connectivity index (χ2v) is 6.31. The fourth-order valence-corrected chi connectivity index (χ4v) is 2.94. The van der Waals surface area contributed by atoms with E-state index in [2.05, 4.69) is 0 Å². The summed E-state index contributed by atoms with van der Waals surface area (Å²) in [6, 6.07) is 1.99. The van der Waals surface area contributed by atoms with Crippen molar-refractivity contribution < 1.29 is 14.7 Å². The topological polar surface area (TPSA) is 57.6 Å². The second-order valence-electron chi connectivity index (χ2n) is 4.10. The van der Waals surface area contributed by atoms with Crippen molar-refractivity contribution in [1.29, 1.82) is 0 Å². The van der Waals surface area contributed by atoms with Crippen LogP contribution in [0.5, 0.6) is 0 Å².